The average molecular weight is 289 g/mol. The molecule has 2 N–H and O–H groups in total. The van der Waals surface area contributed by atoms with Crippen molar-refractivity contribution in [1.29, 1.82) is 0 Å². The molecule has 3 aliphatic carbocycles. The molecular weight excluding hydrogens is 266 g/mol. The highest BCUT2D eigenvalue weighted by Gasteiger charge is 2.45. The molecule has 1 nitrogen and oxygen atoms in total. The van der Waals surface area contributed by atoms with Gasteiger partial charge >= 0.3 is 0 Å². The number of rotatable bonds is 1. The molecule has 0 amide bonds. The zero-order chi connectivity index (χ0) is 15.3. The lowest BCUT2D eigenvalue weighted by Gasteiger charge is -2.34. The van der Waals surface area contributed by atoms with Crippen molar-refractivity contribution >= 4 is 5.57 Å². The first-order valence-electron chi connectivity index (χ1n) is 8.25. The third kappa shape index (κ3) is 1.85. The Morgan fingerprint density at radius 3 is 2.64 bits per heavy atom. The summed E-state index contributed by atoms with van der Waals surface area (Å²) in [4.78, 5) is 0. The van der Waals surface area contributed by atoms with Crippen LogP contribution in [0.3, 0.4) is 0 Å². The van der Waals surface area contributed by atoms with E-state index in [1.807, 2.05) is 0 Å². The molecule has 0 fully saturated rings. The van der Waals surface area contributed by atoms with E-state index in [2.05, 4.69) is 62.4 Å². The van der Waals surface area contributed by atoms with Crippen LogP contribution in [0.2, 0.25) is 0 Å². The first-order valence-corrected chi connectivity index (χ1v) is 8.25. The van der Waals surface area contributed by atoms with Crippen molar-refractivity contribution in [3.8, 4) is 0 Å². The van der Waals surface area contributed by atoms with Crippen molar-refractivity contribution < 1.29 is 0 Å². The van der Waals surface area contributed by atoms with Gasteiger partial charge < -0.3 is 5.73 Å². The largest absolute Gasteiger partial charge is 0.402 e. The lowest BCUT2D eigenvalue weighted by molar-refractivity contribution is 0.316. The second kappa shape index (κ2) is 4.74. The molecule has 0 heterocycles. The van der Waals surface area contributed by atoms with Crippen LogP contribution >= 0.6 is 0 Å². The molecule has 0 aromatic heterocycles. The first kappa shape index (κ1) is 13.6. The maximum atomic E-state index is 6.48. The van der Waals surface area contributed by atoms with Crippen molar-refractivity contribution in [3.63, 3.8) is 0 Å². The van der Waals surface area contributed by atoms with Crippen LogP contribution in [0.25, 0.3) is 5.57 Å². The van der Waals surface area contributed by atoms with E-state index in [1.54, 1.807) is 5.57 Å². The summed E-state index contributed by atoms with van der Waals surface area (Å²) in [6.07, 6.45) is 10.4. The summed E-state index contributed by atoms with van der Waals surface area (Å²) in [6.45, 7) is 4.79. The summed E-state index contributed by atoms with van der Waals surface area (Å²) in [6, 6.07) is 10.5. The Bertz CT molecular complexity index is 741. The van der Waals surface area contributed by atoms with Gasteiger partial charge in [0.2, 0.25) is 0 Å². The van der Waals surface area contributed by atoms with Crippen molar-refractivity contribution in [3.05, 3.63) is 76.5 Å². The van der Waals surface area contributed by atoms with Crippen molar-refractivity contribution in [1.82, 2.24) is 0 Å². The van der Waals surface area contributed by atoms with Crippen LogP contribution in [0.1, 0.15) is 38.7 Å². The molecule has 0 radical (unpaired) electrons. The van der Waals surface area contributed by atoms with Crippen LogP contribution in [0.4, 0.5) is 0 Å². The fourth-order valence-electron chi connectivity index (χ4n) is 4.40. The van der Waals surface area contributed by atoms with Gasteiger partial charge in [-0.05, 0) is 53.4 Å². The van der Waals surface area contributed by atoms with Gasteiger partial charge in [-0.1, -0.05) is 61.9 Å². The molecule has 3 aliphatic rings. The topological polar surface area (TPSA) is 26.0 Å². The van der Waals surface area contributed by atoms with Crippen LogP contribution in [0.15, 0.2) is 71.0 Å². The molecule has 112 valence electrons. The number of hydrogen-bond acceptors (Lipinski definition) is 1. The van der Waals surface area contributed by atoms with Crippen LogP contribution < -0.4 is 5.73 Å². The summed E-state index contributed by atoms with van der Waals surface area (Å²) in [5, 5.41) is 0. The highest BCUT2D eigenvalue weighted by molar-refractivity contribution is 5.81. The van der Waals surface area contributed by atoms with Gasteiger partial charge in [0.15, 0.2) is 0 Å². The molecule has 0 saturated heterocycles. The maximum Gasteiger partial charge on any atom is 0.0167 e. The van der Waals surface area contributed by atoms with Gasteiger partial charge in [-0.15, -0.1) is 0 Å². The summed E-state index contributed by atoms with van der Waals surface area (Å²) >= 11 is 0. The second-order valence-electron chi connectivity index (χ2n) is 7.22. The molecule has 0 aliphatic heterocycles. The Labute approximate surface area is 132 Å². The predicted octanol–water partition coefficient (Wildman–Crippen LogP) is 4.99. The van der Waals surface area contributed by atoms with Crippen LogP contribution in [-0.2, 0) is 0 Å². The molecule has 1 heteroatoms. The first-order chi connectivity index (χ1) is 10.6. The normalized spacial score (nSPS) is 25.9. The lowest BCUT2D eigenvalue weighted by Crippen LogP contribution is -2.26. The lowest BCUT2D eigenvalue weighted by atomic mass is 9.71. The molecule has 0 bridgehead atoms. The van der Waals surface area contributed by atoms with Gasteiger partial charge in [0, 0.05) is 11.3 Å². The SMILES string of the molecule is CC1(C)C2=C(C=CCC2)C2=CC(c3ccccc3)=C(N)CC21. The van der Waals surface area contributed by atoms with Gasteiger partial charge in [-0.2, -0.15) is 0 Å². The Balaban J connectivity index is 1.86. The average Bonchev–Trinajstić information content (AvgIpc) is 2.76. The summed E-state index contributed by atoms with van der Waals surface area (Å²) in [5.74, 6) is 0.535. The van der Waals surface area contributed by atoms with Crippen LogP contribution in [0.5, 0.6) is 0 Å². The van der Waals surface area contributed by atoms with E-state index in [1.165, 1.54) is 35.1 Å². The number of nitrogens with two attached hydrogens (primary N) is 1. The molecule has 1 aromatic carbocycles. The van der Waals surface area contributed by atoms with Gasteiger partial charge in [-0.25, -0.2) is 0 Å². The minimum absolute atomic E-state index is 0.235. The van der Waals surface area contributed by atoms with E-state index in [-0.39, 0.29) is 5.41 Å². The van der Waals surface area contributed by atoms with Gasteiger partial charge in [-0.3, -0.25) is 0 Å². The monoisotopic (exact) mass is 289 g/mol. The molecule has 0 saturated carbocycles. The van der Waals surface area contributed by atoms with E-state index in [9.17, 15) is 0 Å². The third-order valence-corrected chi connectivity index (χ3v) is 5.66. The van der Waals surface area contributed by atoms with E-state index in [0.717, 1.165) is 12.1 Å². The van der Waals surface area contributed by atoms with E-state index < -0.39 is 0 Å². The Morgan fingerprint density at radius 2 is 1.86 bits per heavy atom. The fourth-order valence-corrected chi connectivity index (χ4v) is 4.40. The van der Waals surface area contributed by atoms with Crippen molar-refractivity contribution in [2.24, 2.45) is 17.1 Å². The summed E-state index contributed by atoms with van der Waals surface area (Å²) < 4.78 is 0. The van der Waals surface area contributed by atoms with E-state index in [0.29, 0.717) is 5.92 Å². The predicted molar refractivity (Wildman–Crippen MR) is 92.9 cm³/mol. The molecule has 22 heavy (non-hydrogen) atoms. The van der Waals surface area contributed by atoms with E-state index >= 15 is 0 Å². The molecular formula is C21H23N. The minimum atomic E-state index is 0.235. The highest BCUT2D eigenvalue weighted by atomic mass is 14.6. The van der Waals surface area contributed by atoms with Crippen LogP contribution in [0, 0.1) is 11.3 Å². The minimum Gasteiger partial charge on any atom is -0.402 e. The molecule has 1 aromatic rings. The number of benzene rings is 1. The van der Waals surface area contributed by atoms with Gasteiger partial charge in [0.25, 0.3) is 0 Å². The Kier molecular flexibility index (Phi) is 2.94. The Morgan fingerprint density at radius 1 is 1.09 bits per heavy atom. The molecule has 4 rings (SSSR count). The van der Waals surface area contributed by atoms with Gasteiger partial charge in [0.05, 0.1) is 0 Å². The van der Waals surface area contributed by atoms with Crippen molar-refractivity contribution in [2.75, 3.05) is 0 Å². The molecule has 0 spiro atoms. The number of hydrogen-bond donors (Lipinski definition) is 1. The Hall–Kier alpha value is -2.02. The van der Waals surface area contributed by atoms with Crippen LogP contribution in [-0.4, -0.2) is 0 Å². The standard InChI is InChI=1S/C21H23N/c1-21(2)18-11-7-6-10-15(18)17-12-16(20(22)13-19(17)21)14-8-4-3-5-9-14/h3-6,8-10,12,19H,7,11,13,22H2,1-2H3. The van der Waals surface area contributed by atoms with E-state index in [4.69, 9.17) is 5.73 Å². The highest BCUT2D eigenvalue weighted by Crippen LogP contribution is 2.57. The quantitative estimate of drug-likeness (QED) is 0.774. The fraction of sp³-hybridized carbons (Fsp3) is 0.333. The number of fused-ring (bicyclic) bond motifs is 2. The third-order valence-electron chi connectivity index (χ3n) is 5.66. The second-order valence-corrected chi connectivity index (χ2v) is 7.22. The zero-order valence-corrected chi connectivity index (χ0v) is 13.4. The zero-order valence-electron chi connectivity index (χ0n) is 13.4. The summed E-state index contributed by atoms with van der Waals surface area (Å²) in [7, 11) is 0. The maximum absolute atomic E-state index is 6.48. The summed E-state index contributed by atoms with van der Waals surface area (Å²) in [5.41, 5.74) is 14.8. The molecule has 1 atom stereocenters. The number of allylic oxidation sites excluding steroid dienone is 8. The smallest absolute Gasteiger partial charge is 0.0167 e. The van der Waals surface area contributed by atoms with Crippen molar-refractivity contribution in [2.45, 2.75) is 33.1 Å². The molecule has 1 unspecified atom stereocenters. The van der Waals surface area contributed by atoms with Gasteiger partial charge in [0.1, 0.15) is 0 Å².